The number of allylic oxidation sites excluding steroid dienone is 5. The average molecular weight is 676 g/mol. The number of nitrogens with zero attached hydrogens (tertiary/aromatic N) is 2. The van der Waals surface area contributed by atoms with Crippen LogP contribution in [0.3, 0.4) is 0 Å². The Morgan fingerprint density at radius 2 is 1.73 bits per heavy atom. The van der Waals surface area contributed by atoms with Gasteiger partial charge in [0.2, 0.25) is 5.91 Å². The first-order valence-corrected chi connectivity index (χ1v) is 16.2. The third kappa shape index (κ3) is 12.6. The van der Waals surface area contributed by atoms with Gasteiger partial charge in [-0.1, -0.05) is 50.3 Å². The Kier molecular flexibility index (Phi) is 15.5. The van der Waals surface area contributed by atoms with Crippen LogP contribution in [0.15, 0.2) is 65.4 Å². The number of aryl methyl sites for hydroxylation is 2. The number of esters is 1. The number of nitrogens with two attached hydrogens (primary N) is 1. The summed E-state index contributed by atoms with van der Waals surface area (Å²) in [4.78, 5) is 37.3. The summed E-state index contributed by atoms with van der Waals surface area (Å²) >= 11 is 0. The fraction of sp³-hybridized carbons (Fsp3) is 0.486. The number of ether oxygens (including phenoxy) is 1. The maximum atomic E-state index is 14.2. The zero-order chi connectivity index (χ0) is 36.2. The predicted molar refractivity (Wildman–Crippen MR) is 182 cm³/mol. The maximum absolute atomic E-state index is 14.2. The standard InChI is InChI=1S/C20H25FO2.C17H24F3N3O2/c1-6-23-19(22)11-10-18(21)13-17(12-14(2)3)20-15(4)8-7-9-16(20)5;1-11(2)8-14(16(21)25)23-10-12(4-7-22-5-3-6-22)13(9-15(23)24)17(18,19)20/h7-9,12-13H,2,6,10-11H2,1,3-5H3;9-11,14H,3-8H2,1-2H3,(H2,21,25)/b17-12+,18-13-;. The average Bonchev–Trinajstić information content (AvgIpc) is 2.94. The maximum Gasteiger partial charge on any atom is 0.416 e. The van der Waals surface area contributed by atoms with Crippen molar-refractivity contribution in [1.29, 1.82) is 0 Å². The molecular weight excluding hydrogens is 626 g/mol. The SMILES string of the molecule is C=C(C)/C=C(\C=C(/F)CCC(=O)OCC)c1c(C)cccc1C.CC(C)CC(C(N)=O)n1cc(CCN2CCC2)c(C(F)(F)F)cc1=O. The molecule has 0 saturated carbocycles. The van der Waals surface area contributed by atoms with Gasteiger partial charge in [-0.3, -0.25) is 14.4 Å². The first-order chi connectivity index (χ1) is 22.4. The molecule has 1 aromatic heterocycles. The molecule has 1 fully saturated rings. The summed E-state index contributed by atoms with van der Waals surface area (Å²) in [5.74, 6) is -1.37. The van der Waals surface area contributed by atoms with Crippen molar-refractivity contribution in [3.63, 3.8) is 0 Å². The molecule has 1 unspecified atom stereocenters. The van der Waals surface area contributed by atoms with E-state index in [9.17, 15) is 31.9 Å². The highest BCUT2D eigenvalue weighted by Crippen LogP contribution is 2.32. The van der Waals surface area contributed by atoms with Crippen molar-refractivity contribution in [3.05, 3.63) is 98.8 Å². The van der Waals surface area contributed by atoms with Crippen molar-refractivity contribution in [1.82, 2.24) is 9.47 Å². The molecule has 7 nitrogen and oxygen atoms in total. The predicted octanol–water partition coefficient (Wildman–Crippen LogP) is 7.65. The van der Waals surface area contributed by atoms with Crippen LogP contribution in [0.4, 0.5) is 17.6 Å². The quantitative estimate of drug-likeness (QED) is 0.126. The normalized spacial score (nSPS) is 14.6. The lowest BCUT2D eigenvalue weighted by atomic mass is 9.93. The molecule has 11 heteroatoms. The van der Waals surface area contributed by atoms with E-state index < -0.39 is 29.2 Å². The van der Waals surface area contributed by atoms with Crippen LogP contribution >= 0.6 is 0 Å². The number of amides is 1. The molecule has 2 N–H and O–H groups in total. The Morgan fingerprint density at radius 1 is 1.10 bits per heavy atom. The van der Waals surface area contributed by atoms with Crippen molar-refractivity contribution in [2.75, 3.05) is 26.2 Å². The van der Waals surface area contributed by atoms with E-state index in [4.69, 9.17) is 10.5 Å². The van der Waals surface area contributed by atoms with Gasteiger partial charge in [-0.15, -0.1) is 0 Å². The van der Waals surface area contributed by atoms with Gasteiger partial charge in [0.1, 0.15) is 11.9 Å². The second kappa shape index (κ2) is 18.5. The fourth-order valence-corrected chi connectivity index (χ4v) is 5.41. The van der Waals surface area contributed by atoms with Crippen molar-refractivity contribution < 1.29 is 31.9 Å². The number of pyridine rings is 1. The lowest BCUT2D eigenvalue weighted by molar-refractivity contribution is -0.143. The molecule has 1 atom stereocenters. The van der Waals surface area contributed by atoms with Gasteiger partial charge in [0.15, 0.2) is 0 Å². The van der Waals surface area contributed by atoms with Crippen LogP contribution in [-0.4, -0.2) is 47.6 Å². The van der Waals surface area contributed by atoms with Gasteiger partial charge in [0.05, 0.1) is 18.6 Å². The van der Waals surface area contributed by atoms with E-state index in [1.54, 1.807) is 6.92 Å². The Labute approximate surface area is 281 Å². The molecular formula is C37H49F4N3O4. The number of rotatable bonds is 14. The lowest BCUT2D eigenvalue weighted by Gasteiger charge is -2.31. The molecule has 0 spiro atoms. The highest BCUT2D eigenvalue weighted by Gasteiger charge is 2.35. The Hall–Kier alpha value is -3.99. The summed E-state index contributed by atoms with van der Waals surface area (Å²) in [6, 6.07) is 5.62. The molecule has 0 radical (unpaired) electrons. The Balaban J connectivity index is 0.000000335. The molecule has 2 aromatic rings. The van der Waals surface area contributed by atoms with Gasteiger partial charge in [-0.05, 0) is 99.9 Å². The zero-order valence-electron chi connectivity index (χ0n) is 28.9. The molecule has 48 heavy (non-hydrogen) atoms. The Morgan fingerprint density at radius 3 is 2.21 bits per heavy atom. The third-order valence-electron chi connectivity index (χ3n) is 7.83. The summed E-state index contributed by atoms with van der Waals surface area (Å²) in [6.07, 6.45) is 1.51. The zero-order valence-corrected chi connectivity index (χ0v) is 28.9. The van der Waals surface area contributed by atoms with Crippen molar-refractivity contribution in [2.45, 2.75) is 85.9 Å². The minimum Gasteiger partial charge on any atom is -0.466 e. The number of benzene rings is 1. The minimum atomic E-state index is -4.61. The number of carbonyl (C=O) groups is 2. The van der Waals surface area contributed by atoms with E-state index >= 15 is 0 Å². The first kappa shape index (κ1) is 40.2. The second-order valence-corrected chi connectivity index (χ2v) is 12.6. The number of likely N-dealkylation sites (tertiary alicyclic amines) is 1. The van der Waals surface area contributed by atoms with Crippen molar-refractivity contribution >= 4 is 17.4 Å². The molecule has 0 aliphatic carbocycles. The van der Waals surface area contributed by atoms with Gasteiger partial charge < -0.3 is 19.9 Å². The molecule has 1 saturated heterocycles. The summed E-state index contributed by atoms with van der Waals surface area (Å²) in [5.41, 5.74) is 8.39. The van der Waals surface area contributed by atoms with E-state index in [1.807, 2.05) is 58.9 Å². The monoisotopic (exact) mass is 675 g/mol. The Bertz CT molecular complexity index is 1530. The van der Waals surface area contributed by atoms with E-state index in [0.29, 0.717) is 25.6 Å². The van der Waals surface area contributed by atoms with Crippen LogP contribution in [0.25, 0.3) is 5.57 Å². The van der Waals surface area contributed by atoms with Crippen molar-refractivity contribution in [3.8, 4) is 0 Å². The molecule has 264 valence electrons. The van der Waals surface area contributed by atoms with Crippen LogP contribution in [0, 0.1) is 19.8 Å². The summed E-state index contributed by atoms with van der Waals surface area (Å²) in [6.45, 7) is 17.8. The molecule has 3 rings (SSSR count). The van der Waals surface area contributed by atoms with E-state index in [-0.39, 0.29) is 42.5 Å². The summed E-state index contributed by atoms with van der Waals surface area (Å²) in [5, 5.41) is 0. The number of aromatic nitrogens is 1. The van der Waals surface area contributed by atoms with Gasteiger partial charge in [0.25, 0.3) is 5.56 Å². The van der Waals surface area contributed by atoms with Gasteiger partial charge in [-0.25, -0.2) is 4.39 Å². The van der Waals surface area contributed by atoms with Gasteiger partial charge >= 0.3 is 12.1 Å². The number of alkyl halides is 3. The fourth-order valence-electron chi connectivity index (χ4n) is 5.41. The highest BCUT2D eigenvalue weighted by molar-refractivity contribution is 5.80. The number of primary amides is 1. The van der Waals surface area contributed by atoms with Gasteiger partial charge in [-0.2, -0.15) is 13.2 Å². The van der Waals surface area contributed by atoms with Crippen molar-refractivity contribution in [2.24, 2.45) is 11.7 Å². The topological polar surface area (TPSA) is 94.6 Å². The summed E-state index contributed by atoms with van der Waals surface area (Å²) < 4.78 is 60.0. The number of halogens is 4. The summed E-state index contributed by atoms with van der Waals surface area (Å²) in [7, 11) is 0. The van der Waals surface area contributed by atoms with Crippen LogP contribution in [-0.2, 0) is 26.9 Å². The minimum absolute atomic E-state index is 0.0222. The number of carbonyl (C=O) groups excluding carboxylic acids is 2. The highest BCUT2D eigenvalue weighted by atomic mass is 19.4. The molecule has 0 bridgehead atoms. The van der Waals surface area contributed by atoms with Crippen LogP contribution in [0.5, 0.6) is 0 Å². The largest absolute Gasteiger partial charge is 0.466 e. The molecule has 1 aliphatic heterocycles. The number of hydrogen-bond donors (Lipinski definition) is 1. The molecule has 1 amide bonds. The van der Waals surface area contributed by atoms with E-state index in [0.717, 1.165) is 51.9 Å². The third-order valence-corrected chi connectivity index (χ3v) is 7.83. The first-order valence-electron chi connectivity index (χ1n) is 16.2. The van der Waals surface area contributed by atoms with E-state index in [1.165, 1.54) is 12.3 Å². The smallest absolute Gasteiger partial charge is 0.416 e. The second-order valence-electron chi connectivity index (χ2n) is 12.6. The molecule has 1 aromatic carbocycles. The molecule has 2 heterocycles. The van der Waals surface area contributed by atoms with Crippen LogP contribution < -0.4 is 11.3 Å². The van der Waals surface area contributed by atoms with Crippen LogP contribution in [0.1, 0.15) is 87.2 Å². The number of hydrogen-bond acceptors (Lipinski definition) is 5. The molecule has 1 aliphatic rings. The van der Waals surface area contributed by atoms with Gasteiger partial charge in [0, 0.05) is 25.2 Å². The van der Waals surface area contributed by atoms with Crippen LogP contribution in [0.2, 0.25) is 0 Å². The van der Waals surface area contributed by atoms with E-state index in [2.05, 4.69) is 11.5 Å². The lowest BCUT2D eigenvalue weighted by Crippen LogP contribution is -2.39.